The average molecular weight is 327 g/mol. The molecule has 1 aromatic heterocycles. The van der Waals surface area contributed by atoms with E-state index in [0.29, 0.717) is 19.1 Å². The molecule has 24 heavy (non-hydrogen) atoms. The molecular weight excluding hydrogens is 302 g/mol. The number of nitrogens with one attached hydrogen (secondary N) is 2. The first kappa shape index (κ1) is 17.7. The lowest BCUT2D eigenvalue weighted by molar-refractivity contribution is 0.358. The average Bonchev–Trinajstić information content (AvgIpc) is 3.04. The van der Waals surface area contributed by atoms with Gasteiger partial charge in [-0.2, -0.15) is 0 Å². The molecule has 1 heterocycles. The summed E-state index contributed by atoms with van der Waals surface area (Å²) in [5.41, 5.74) is 1.06. The summed E-state index contributed by atoms with van der Waals surface area (Å²) in [4.78, 5) is 4.26. The van der Waals surface area contributed by atoms with Crippen molar-refractivity contribution in [3.63, 3.8) is 0 Å². The molecule has 1 unspecified atom stereocenters. The van der Waals surface area contributed by atoms with Gasteiger partial charge in [-0.15, -0.1) is 0 Å². The number of hydrogen-bond acceptors (Lipinski definition) is 3. The van der Waals surface area contributed by atoms with Crippen LogP contribution in [0.1, 0.15) is 30.0 Å². The van der Waals surface area contributed by atoms with Gasteiger partial charge in [-0.05, 0) is 32.0 Å². The first-order valence-electron chi connectivity index (χ1n) is 7.99. The second-order valence-electron chi connectivity index (χ2n) is 5.45. The van der Waals surface area contributed by atoms with E-state index in [-0.39, 0.29) is 6.04 Å². The number of hydrogen-bond donors (Lipinski definition) is 2. The highest BCUT2D eigenvalue weighted by Crippen LogP contribution is 2.18. The van der Waals surface area contributed by atoms with Crippen LogP contribution >= 0.6 is 0 Å². The van der Waals surface area contributed by atoms with E-state index in [1.165, 1.54) is 0 Å². The number of para-hydroxylation sites is 1. The van der Waals surface area contributed by atoms with Crippen LogP contribution in [-0.2, 0) is 6.54 Å². The van der Waals surface area contributed by atoms with Gasteiger partial charge in [0.2, 0.25) is 0 Å². The predicted molar refractivity (Wildman–Crippen MR) is 97.3 cm³/mol. The van der Waals surface area contributed by atoms with Gasteiger partial charge >= 0.3 is 0 Å². The second-order valence-corrected chi connectivity index (χ2v) is 5.45. The van der Waals surface area contributed by atoms with Gasteiger partial charge in [0.25, 0.3) is 0 Å². The van der Waals surface area contributed by atoms with Crippen molar-refractivity contribution in [2.75, 3.05) is 13.7 Å². The topological polar surface area (TPSA) is 58.8 Å². The van der Waals surface area contributed by atoms with E-state index >= 15 is 0 Å². The summed E-state index contributed by atoms with van der Waals surface area (Å²) < 4.78 is 11.3. The first-order chi connectivity index (χ1) is 11.6. The van der Waals surface area contributed by atoms with Crippen LogP contribution < -0.4 is 15.4 Å². The highest BCUT2D eigenvalue weighted by atomic mass is 16.5. The summed E-state index contributed by atoms with van der Waals surface area (Å²) in [6.45, 7) is 8.74. The fraction of sp³-hybridized carbons (Fsp3) is 0.316. The maximum absolute atomic E-state index is 5.67. The Morgan fingerprint density at radius 1 is 1.33 bits per heavy atom. The van der Waals surface area contributed by atoms with Crippen LogP contribution in [0.5, 0.6) is 5.75 Å². The van der Waals surface area contributed by atoms with Crippen LogP contribution in [0.15, 0.2) is 58.5 Å². The Morgan fingerprint density at radius 2 is 2.12 bits per heavy atom. The molecule has 0 radical (unpaired) electrons. The quantitative estimate of drug-likeness (QED) is 0.464. The molecule has 0 bridgehead atoms. The summed E-state index contributed by atoms with van der Waals surface area (Å²) >= 11 is 0. The fourth-order valence-electron chi connectivity index (χ4n) is 2.28. The SMILES string of the molecule is C=CCOc1ccccc1CNC(=NC)NC(C)c1ccc(C)o1. The normalized spacial score (nSPS) is 12.5. The summed E-state index contributed by atoms with van der Waals surface area (Å²) in [7, 11) is 1.75. The number of furan rings is 1. The molecule has 0 saturated carbocycles. The standard InChI is InChI=1S/C19H25N3O2/c1-5-12-23-18-9-7-6-8-16(18)13-21-19(20-4)22-15(3)17-11-10-14(2)24-17/h5-11,15H,1,12-13H2,2-4H3,(H2,20,21,22). The summed E-state index contributed by atoms with van der Waals surface area (Å²) in [6, 6.07) is 11.9. The maximum atomic E-state index is 5.67. The number of nitrogens with zero attached hydrogens (tertiary/aromatic N) is 1. The van der Waals surface area contributed by atoms with E-state index in [0.717, 1.165) is 22.8 Å². The van der Waals surface area contributed by atoms with Gasteiger partial charge in [-0.25, -0.2) is 0 Å². The van der Waals surface area contributed by atoms with Crippen molar-refractivity contribution < 1.29 is 9.15 Å². The van der Waals surface area contributed by atoms with Crippen molar-refractivity contribution in [3.8, 4) is 5.75 Å². The van der Waals surface area contributed by atoms with Gasteiger partial charge in [0.1, 0.15) is 23.9 Å². The van der Waals surface area contributed by atoms with E-state index < -0.39 is 0 Å². The highest BCUT2D eigenvalue weighted by Gasteiger charge is 2.11. The summed E-state index contributed by atoms with van der Waals surface area (Å²) in [5.74, 6) is 3.32. The number of ether oxygens (including phenoxy) is 1. The van der Waals surface area contributed by atoms with Crippen molar-refractivity contribution in [3.05, 3.63) is 66.1 Å². The Kier molecular flexibility index (Phi) is 6.49. The number of benzene rings is 1. The lowest BCUT2D eigenvalue weighted by atomic mass is 10.2. The Balaban J connectivity index is 1.95. The molecule has 0 amide bonds. The van der Waals surface area contributed by atoms with E-state index in [2.05, 4.69) is 22.2 Å². The maximum Gasteiger partial charge on any atom is 0.191 e. The smallest absolute Gasteiger partial charge is 0.191 e. The number of guanidine groups is 1. The molecule has 2 rings (SSSR count). The van der Waals surface area contributed by atoms with Crippen LogP contribution in [0.25, 0.3) is 0 Å². The van der Waals surface area contributed by atoms with Crippen LogP contribution in [0.2, 0.25) is 0 Å². The van der Waals surface area contributed by atoms with Crippen molar-refractivity contribution >= 4 is 5.96 Å². The van der Waals surface area contributed by atoms with Crippen molar-refractivity contribution in [1.82, 2.24) is 10.6 Å². The van der Waals surface area contributed by atoms with Crippen LogP contribution in [-0.4, -0.2) is 19.6 Å². The largest absolute Gasteiger partial charge is 0.489 e. The molecule has 1 atom stereocenters. The molecule has 0 spiro atoms. The Morgan fingerprint density at radius 3 is 2.79 bits per heavy atom. The van der Waals surface area contributed by atoms with Gasteiger partial charge in [0.05, 0.1) is 6.04 Å². The van der Waals surface area contributed by atoms with Gasteiger partial charge in [0, 0.05) is 19.2 Å². The fourth-order valence-corrected chi connectivity index (χ4v) is 2.28. The van der Waals surface area contributed by atoms with Crippen molar-refractivity contribution in [1.29, 1.82) is 0 Å². The lowest BCUT2D eigenvalue weighted by Crippen LogP contribution is -2.38. The van der Waals surface area contributed by atoms with Gasteiger partial charge < -0.3 is 19.8 Å². The molecule has 1 aromatic carbocycles. The summed E-state index contributed by atoms with van der Waals surface area (Å²) in [5, 5.41) is 6.62. The van der Waals surface area contributed by atoms with E-state index in [9.17, 15) is 0 Å². The van der Waals surface area contributed by atoms with E-state index in [1.807, 2.05) is 50.2 Å². The Hall–Kier alpha value is -2.69. The van der Waals surface area contributed by atoms with Crippen LogP contribution in [0.4, 0.5) is 0 Å². The predicted octanol–water partition coefficient (Wildman–Crippen LogP) is 3.58. The minimum atomic E-state index is 0.0251. The first-order valence-corrected chi connectivity index (χ1v) is 7.99. The molecule has 0 aliphatic heterocycles. The molecule has 0 aliphatic carbocycles. The third kappa shape index (κ3) is 4.91. The van der Waals surface area contributed by atoms with Gasteiger partial charge in [-0.3, -0.25) is 4.99 Å². The second kappa shape index (κ2) is 8.82. The Labute approximate surface area is 143 Å². The third-order valence-corrected chi connectivity index (χ3v) is 3.54. The van der Waals surface area contributed by atoms with Crippen molar-refractivity contribution in [2.24, 2.45) is 4.99 Å². The minimum absolute atomic E-state index is 0.0251. The number of aliphatic imine (C=N–C) groups is 1. The molecule has 5 nitrogen and oxygen atoms in total. The van der Waals surface area contributed by atoms with E-state index in [4.69, 9.17) is 9.15 Å². The molecule has 0 fully saturated rings. The van der Waals surface area contributed by atoms with Crippen LogP contribution in [0.3, 0.4) is 0 Å². The van der Waals surface area contributed by atoms with E-state index in [1.54, 1.807) is 13.1 Å². The molecule has 128 valence electrons. The molecule has 2 aromatic rings. The number of aryl methyl sites for hydroxylation is 1. The third-order valence-electron chi connectivity index (χ3n) is 3.54. The Bertz CT molecular complexity index is 691. The van der Waals surface area contributed by atoms with Gasteiger partial charge in [0.15, 0.2) is 5.96 Å². The zero-order valence-corrected chi connectivity index (χ0v) is 14.5. The monoisotopic (exact) mass is 327 g/mol. The molecule has 0 saturated heterocycles. The molecule has 0 aliphatic rings. The minimum Gasteiger partial charge on any atom is -0.489 e. The molecule has 2 N–H and O–H groups in total. The number of rotatable bonds is 7. The van der Waals surface area contributed by atoms with Gasteiger partial charge in [-0.1, -0.05) is 30.9 Å². The van der Waals surface area contributed by atoms with Crippen molar-refractivity contribution in [2.45, 2.75) is 26.4 Å². The molecular formula is C19H25N3O2. The highest BCUT2D eigenvalue weighted by molar-refractivity contribution is 5.80. The van der Waals surface area contributed by atoms with Crippen LogP contribution in [0, 0.1) is 6.92 Å². The molecule has 5 heteroatoms. The lowest BCUT2D eigenvalue weighted by Gasteiger charge is -2.17. The zero-order valence-electron chi connectivity index (χ0n) is 14.5. The summed E-state index contributed by atoms with van der Waals surface area (Å²) in [6.07, 6.45) is 1.73. The zero-order chi connectivity index (χ0) is 17.4.